The SMILES string of the molecule is Oc1ccc(C=NN=Cc2ccc(O)c(O)c2O)c(O)c1O. The van der Waals surface area contributed by atoms with E-state index in [2.05, 4.69) is 10.2 Å². The summed E-state index contributed by atoms with van der Waals surface area (Å²) in [7, 11) is 0. The van der Waals surface area contributed by atoms with E-state index in [-0.39, 0.29) is 11.1 Å². The summed E-state index contributed by atoms with van der Waals surface area (Å²) in [6.45, 7) is 0. The molecular weight excluding hydrogens is 292 g/mol. The van der Waals surface area contributed by atoms with Crippen molar-refractivity contribution in [1.82, 2.24) is 0 Å². The molecule has 0 fully saturated rings. The zero-order valence-electron chi connectivity index (χ0n) is 11.0. The molecule has 0 aliphatic heterocycles. The molecule has 22 heavy (non-hydrogen) atoms. The van der Waals surface area contributed by atoms with Gasteiger partial charge in [0.1, 0.15) is 0 Å². The largest absolute Gasteiger partial charge is 0.504 e. The fraction of sp³-hybridized carbons (Fsp3) is 0. The van der Waals surface area contributed by atoms with Crippen LogP contribution >= 0.6 is 0 Å². The van der Waals surface area contributed by atoms with E-state index < -0.39 is 34.5 Å². The van der Waals surface area contributed by atoms with Gasteiger partial charge in [0.05, 0.1) is 12.4 Å². The first-order valence-electron chi connectivity index (χ1n) is 5.96. The predicted octanol–water partition coefficient (Wildman–Crippen LogP) is 1.37. The third-order valence-electron chi connectivity index (χ3n) is 2.78. The van der Waals surface area contributed by atoms with Crippen molar-refractivity contribution >= 4 is 12.4 Å². The topological polar surface area (TPSA) is 146 Å². The average Bonchev–Trinajstić information content (AvgIpc) is 2.50. The lowest BCUT2D eigenvalue weighted by Gasteiger charge is -2.03. The van der Waals surface area contributed by atoms with Crippen LogP contribution in [0.15, 0.2) is 34.5 Å². The quantitative estimate of drug-likeness (QED) is 0.287. The van der Waals surface area contributed by atoms with Gasteiger partial charge < -0.3 is 30.6 Å². The molecule has 8 heteroatoms. The summed E-state index contributed by atoms with van der Waals surface area (Å²) < 4.78 is 0. The van der Waals surface area contributed by atoms with E-state index in [1.807, 2.05) is 0 Å². The van der Waals surface area contributed by atoms with Gasteiger partial charge in [0.2, 0.25) is 11.5 Å². The van der Waals surface area contributed by atoms with Crippen LogP contribution < -0.4 is 0 Å². The fourth-order valence-corrected chi connectivity index (χ4v) is 1.57. The molecule has 6 N–H and O–H groups in total. The summed E-state index contributed by atoms with van der Waals surface area (Å²) in [4.78, 5) is 0. The second kappa shape index (κ2) is 5.92. The van der Waals surface area contributed by atoms with Crippen LogP contribution in [0, 0.1) is 0 Å². The van der Waals surface area contributed by atoms with Crippen LogP contribution in [-0.2, 0) is 0 Å². The van der Waals surface area contributed by atoms with Crippen molar-refractivity contribution in [3.05, 3.63) is 35.4 Å². The molecule has 2 aromatic carbocycles. The van der Waals surface area contributed by atoms with E-state index >= 15 is 0 Å². The van der Waals surface area contributed by atoms with Crippen LogP contribution in [0.5, 0.6) is 34.5 Å². The smallest absolute Gasteiger partial charge is 0.200 e. The Morgan fingerprint density at radius 3 is 1.27 bits per heavy atom. The Morgan fingerprint density at radius 2 is 0.909 bits per heavy atom. The van der Waals surface area contributed by atoms with Crippen LogP contribution in [0.3, 0.4) is 0 Å². The standard InChI is InChI=1S/C14H12N2O6/c17-9-3-1-7(11(19)13(9)21)5-15-16-6-8-2-4-10(18)14(22)12(8)20/h1-6,17-22H. The molecule has 2 rings (SSSR count). The van der Waals surface area contributed by atoms with Crippen molar-refractivity contribution in [3.8, 4) is 34.5 Å². The van der Waals surface area contributed by atoms with E-state index in [0.29, 0.717) is 0 Å². The van der Waals surface area contributed by atoms with Gasteiger partial charge in [-0.2, -0.15) is 10.2 Å². The van der Waals surface area contributed by atoms with E-state index in [9.17, 15) is 20.4 Å². The first kappa shape index (κ1) is 15.0. The molecule has 0 heterocycles. The maximum absolute atomic E-state index is 9.55. The van der Waals surface area contributed by atoms with Crippen molar-refractivity contribution in [2.45, 2.75) is 0 Å². The van der Waals surface area contributed by atoms with Gasteiger partial charge in [0, 0.05) is 11.1 Å². The van der Waals surface area contributed by atoms with Crippen molar-refractivity contribution in [2.75, 3.05) is 0 Å². The number of phenolic OH excluding ortho intramolecular Hbond substituents is 6. The molecule has 114 valence electrons. The van der Waals surface area contributed by atoms with E-state index in [1.54, 1.807) is 0 Å². The molecule has 0 aliphatic carbocycles. The van der Waals surface area contributed by atoms with E-state index in [0.717, 1.165) is 12.4 Å². The minimum absolute atomic E-state index is 0.116. The highest BCUT2D eigenvalue weighted by Gasteiger charge is 2.10. The Kier molecular flexibility index (Phi) is 4.03. The van der Waals surface area contributed by atoms with Gasteiger partial charge in [-0.25, -0.2) is 0 Å². The van der Waals surface area contributed by atoms with Crippen LogP contribution in [0.2, 0.25) is 0 Å². The molecule has 8 nitrogen and oxygen atoms in total. The highest BCUT2D eigenvalue weighted by Crippen LogP contribution is 2.37. The van der Waals surface area contributed by atoms with Crippen LogP contribution in [0.4, 0.5) is 0 Å². The number of nitrogens with zero attached hydrogens (tertiary/aromatic N) is 2. The van der Waals surface area contributed by atoms with Crippen molar-refractivity contribution in [1.29, 1.82) is 0 Å². The highest BCUT2D eigenvalue weighted by atomic mass is 16.3. The van der Waals surface area contributed by atoms with Gasteiger partial charge in [-0.15, -0.1) is 0 Å². The molecular formula is C14H12N2O6. The summed E-state index contributed by atoms with van der Waals surface area (Å²) in [6, 6.07) is 4.97. The lowest BCUT2D eigenvalue weighted by atomic mass is 10.2. The zero-order valence-corrected chi connectivity index (χ0v) is 11.0. The number of phenols is 6. The van der Waals surface area contributed by atoms with Crippen molar-refractivity contribution in [2.24, 2.45) is 10.2 Å². The third kappa shape index (κ3) is 2.85. The van der Waals surface area contributed by atoms with Crippen LogP contribution in [0.25, 0.3) is 0 Å². The molecule has 0 spiro atoms. The van der Waals surface area contributed by atoms with Crippen molar-refractivity contribution in [3.63, 3.8) is 0 Å². The van der Waals surface area contributed by atoms with Gasteiger partial charge in [-0.1, -0.05) is 0 Å². The average molecular weight is 304 g/mol. The lowest BCUT2D eigenvalue weighted by Crippen LogP contribution is -1.85. The molecule has 0 amide bonds. The molecule has 0 aliphatic rings. The Bertz CT molecular complexity index is 705. The molecule has 0 unspecified atom stereocenters. The van der Waals surface area contributed by atoms with Crippen LogP contribution in [-0.4, -0.2) is 43.1 Å². The van der Waals surface area contributed by atoms with E-state index in [1.165, 1.54) is 24.3 Å². The predicted molar refractivity (Wildman–Crippen MR) is 78.1 cm³/mol. The molecule has 0 saturated carbocycles. The number of aromatic hydroxyl groups is 6. The van der Waals surface area contributed by atoms with Gasteiger partial charge in [-0.05, 0) is 24.3 Å². The summed E-state index contributed by atoms with van der Waals surface area (Å²) in [6.07, 6.45) is 2.23. The number of rotatable bonds is 3. The Hall–Kier alpha value is -3.42. The summed E-state index contributed by atoms with van der Waals surface area (Å²) in [5, 5.41) is 63.3. The summed E-state index contributed by atoms with van der Waals surface area (Å²) >= 11 is 0. The maximum Gasteiger partial charge on any atom is 0.200 e. The van der Waals surface area contributed by atoms with Gasteiger partial charge in [0.15, 0.2) is 23.0 Å². The first-order chi connectivity index (χ1) is 10.4. The molecule has 0 aromatic heterocycles. The Balaban J connectivity index is 2.20. The molecule has 2 aromatic rings. The van der Waals surface area contributed by atoms with Gasteiger partial charge in [0.25, 0.3) is 0 Å². The van der Waals surface area contributed by atoms with Gasteiger partial charge >= 0.3 is 0 Å². The van der Waals surface area contributed by atoms with Crippen molar-refractivity contribution < 1.29 is 30.6 Å². The number of hydrogen-bond acceptors (Lipinski definition) is 8. The lowest BCUT2D eigenvalue weighted by molar-refractivity contribution is 0.367. The molecule has 0 bridgehead atoms. The Morgan fingerprint density at radius 1 is 0.545 bits per heavy atom. The second-order valence-electron chi connectivity index (χ2n) is 4.23. The normalized spacial score (nSPS) is 11.5. The molecule has 0 radical (unpaired) electrons. The first-order valence-corrected chi connectivity index (χ1v) is 5.96. The zero-order chi connectivity index (χ0) is 16.3. The molecule has 0 saturated heterocycles. The minimum Gasteiger partial charge on any atom is -0.504 e. The van der Waals surface area contributed by atoms with Gasteiger partial charge in [-0.3, -0.25) is 0 Å². The summed E-state index contributed by atoms with van der Waals surface area (Å²) in [5.74, 6) is -3.39. The summed E-state index contributed by atoms with van der Waals surface area (Å²) in [5.41, 5.74) is 0.232. The minimum atomic E-state index is -0.672. The number of benzene rings is 2. The second-order valence-corrected chi connectivity index (χ2v) is 4.23. The molecule has 0 atom stereocenters. The van der Waals surface area contributed by atoms with Crippen LogP contribution in [0.1, 0.15) is 11.1 Å². The Labute approximate surface area is 124 Å². The highest BCUT2D eigenvalue weighted by molar-refractivity contribution is 5.88. The monoisotopic (exact) mass is 304 g/mol. The maximum atomic E-state index is 9.55. The number of hydrogen-bond donors (Lipinski definition) is 6. The fourth-order valence-electron chi connectivity index (χ4n) is 1.57. The van der Waals surface area contributed by atoms with E-state index in [4.69, 9.17) is 10.2 Å². The third-order valence-corrected chi connectivity index (χ3v) is 2.78.